The molecule has 30 heavy (non-hydrogen) atoms. The number of likely N-dealkylation sites (tertiary alicyclic amines) is 1. The van der Waals surface area contributed by atoms with E-state index in [0.717, 1.165) is 24.8 Å². The van der Waals surface area contributed by atoms with Gasteiger partial charge in [0.15, 0.2) is 0 Å². The van der Waals surface area contributed by atoms with Crippen LogP contribution in [-0.2, 0) is 0 Å². The molecule has 1 aliphatic carbocycles. The van der Waals surface area contributed by atoms with Crippen LogP contribution in [0.3, 0.4) is 0 Å². The zero-order chi connectivity index (χ0) is 19.3. The van der Waals surface area contributed by atoms with E-state index in [9.17, 15) is 4.79 Å². The second-order valence-corrected chi connectivity index (χ2v) is 8.03. The predicted octanol–water partition coefficient (Wildman–Crippen LogP) is 5.01. The van der Waals surface area contributed by atoms with Crippen molar-refractivity contribution in [1.82, 2.24) is 4.90 Å². The minimum Gasteiger partial charge on any atom is -0.488 e. The van der Waals surface area contributed by atoms with Gasteiger partial charge in [0.05, 0.1) is 11.4 Å². The summed E-state index contributed by atoms with van der Waals surface area (Å²) in [5, 5.41) is 2.84. The SMILES string of the molecule is Cl.Cl.Nc1ccccc1NC(=O)c1ccc(OC2CN(CC3CCCCC3)C2)cc1. The van der Waals surface area contributed by atoms with Crippen LogP contribution in [0, 0.1) is 5.92 Å². The van der Waals surface area contributed by atoms with Crippen LogP contribution in [0.2, 0.25) is 0 Å². The van der Waals surface area contributed by atoms with Gasteiger partial charge >= 0.3 is 0 Å². The highest BCUT2D eigenvalue weighted by Gasteiger charge is 2.30. The van der Waals surface area contributed by atoms with Gasteiger partial charge < -0.3 is 15.8 Å². The number of ether oxygens (including phenoxy) is 1. The van der Waals surface area contributed by atoms with E-state index in [0.29, 0.717) is 16.9 Å². The number of rotatable bonds is 6. The summed E-state index contributed by atoms with van der Waals surface area (Å²) in [6.07, 6.45) is 7.24. The zero-order valence-corrected chi connectivity index (χ0v) is 18.7. The number of nitrogens with two attached hydrogens (primary N) is 1. The molecule has 0 bridgehead atoms. The van der Waals surface area contributed by atoms with Crippen LogP contribution in [0.25, 0.3) is 0 Å². The van der Waals surface area contributed by atoms with Crippen molar-refractivity contribution in [3.63, 3.8) is 0 Å². The molecule has 0 atom stereocenters. The van der Waals surface area contributed by atoms with Crippen molar-refractivity contribution in [3.8, 4) is 5.75 Å². The van der Waals surface area contributed by atoms with Crippen molar-refractivity contribution in [2.24, 2.45) is 5.92 Å². The van der Waals surface area contributed by atoms with E-state index in [-0.39, 0.29) is 36.8 Å². The van der Waals surface area contributed by atoms with Gasteiger partial charge in [0.25, 0.3) is 5.91 Å². The largest absolute Gasteiger partial charge is 0.488 e. The van der Waals surface area contributed by atoms with Crippen molar-refractivity contribution < 1.29 is 9.53 Å². The Bertz CT molecular complexity index is 804. The monoisotopic (exact) mass is 451 g/mol. The Hall–Kier alpha value is -1.95. The number of hydrogen-bond donors (Lipinski definition) is 2. The Morgan fingerprint density at radius 2 is 1.67 bits per heavy atom. The van der Waals surface area contributed by atoms with Crippen molar-refractivity contribution in [1.29, 1.82) is 0 Å². The summed E-state index contributed by atoms with van der Waals surface area (Å²) in [6, 6.07) is 14.6. The lowest BCUT2D eigenvalue weighted by Gasteiger charge is -2.41. The second-order valence-electron chi connectivity index (χ2n) is 8.03. The number of nitrogens with one attached hydrogen (secondary N) is 1. The molecule has 2 aromatic rings. The quantitative estimate of drug-likeness (QED) is 0.605. The van der Waals surface area contributed by atoms with E-state index in [2.05, 4.69) is 10.2 Å². The molecule has 0 radical (unpaired) electrons. The van der Waals surface area contributed by atoms with Crippen LogP contribution in [0.5, 0.6) is 5.75 Å². The molecule has 2 aromatic carbocycles. The first-order valence-corrected chi connectivity index (χ1v) is 10.3. The molecule has 0 spiro atoms. The van der Waals surface area contributed by atoms with E-state index in [4.69, 9.17) is 10.5 Å². The van der Waals surface area contributed by atoms with Crippen LogP contribution in [0.15, 0.2) is 48.5 Å². The summed E-state index contributed by atoms with van der Waals surface area (Å²) >= 11 is 0. The highest BCUT2D eigenvalue weighted by Crippen LogP contribution is 2.27. The lowest BCUT2D eigenvalue weighted by Crippen LogP contribution is -2.55. The third-order valence-corrected chi connectivity index (χ3v) is 5.79. The standard InChI is InChI=1S/C23H29N3O2.2ClH/c24-21-8-4-5-9-22(21)25-23(27)18-10-12-19(13-11-18)28-20-15-26(16-20)14-17-6-2-1-3-7-17;;/h4-5,8-13,17,20H,1-3,6-7,14-16,24H2,(H,25,27);2*1H. The van der Waals surface area contributed by atoms with Gasteiger partial charge in [-0.05, 0) is 55.2 Å². The second kappa shape index (κ2) is 11.4. The molecule has 2 fully saturated rings. The number of carbonyl (C=O) groups excluding carboxylic acids is 1. The highest BCUT2D eigenvalue weighted by molar-refractivity contribution is 6.05. The molecule has 164 valence electrons. The summed E-state index contributed by atoms with van der Waals surface area (Å²) in [5.41, 5.74) is 7.64. The number of anilines is 2. The summed E-state index contributed by atoms with van der Waals surface area (Å²) < 4.78 is 6.05. The van der Waals surface area contributed by atoms with Gasteiger partial charge in [-0.3, -0.25) is 9.69 Å². The number of benzene rings is 2. The van der Waals surface area contributed by atoms with Gasteiger partial charge in [0.2, 0.25) is 0 Å². The number of para-hydroxylation sites is 2. The molecule has 3 N–H and O–H groups in total. The van der Waals surface area contributed by atoms with Gasteiger partial charge in [-0.25, -0.2) is 0 Å². The van der Waals surface area contributed by atoms with E-state index >= 15 is 0 Å². The maximum absolute atomic E-state index is 12.4. The van der Waals surface area contributed by atoms with E-state index < -0.39 is 0 Å². The van der Waals surface area contributed by atoms with E-state index in [1.165, 1.54) is 38.6 Å². The summed E-state index contributed by atoms with van der Waals surface area (Å²) in [4.78, 5) is 14.9. The third kappa shape index (κ3) is 6.27. The molecule has 0 unspecified atom stereocenters. The fraction of sp³-hybridized carbons (Fsp3) is 0.435. The van der Waals surface area contributed by atoms with E-state index in [1.54, 1.807) is 24.3 Å². The molecule has 7 heteroatoms. The number of amides is 1. The molecule has 4 rings (SSSR count). The molecular formula is C23H31Cl2N3O2. The Balaban J connectivity index is 0.00000160. The summed E-state index contributed by atoms with van der Waals surface area (Å²) in [6.45, 7) is 3.24. The van der Waals surface area contributed by atoms with Crippen LogP contribution in [-0.4, -0.2) is 36.5 Å². The molecule has 1 amide bonds. The predicted molar refractivity (Wildman–Crippen MR) is 127 cm³/mol. The Morgan fingerprint density at radius 3 is 2.33 bits per heavy atom. The lowest BCUT2D eigenvalue weighted by molar-refractivity contribution is 0.00668. The molecule has 0 aromatic heterocycles. The van der Waals surface area contributed by atoms with Gasteiger partial charge in [0.1, 0.15) is 11.9 Å². The van der Waals surface area contributed by atoms with Gasteiger partial charge in [0, 0.05) is 25.2 Å². The number of hydrogen-bond acceptors (Lipinski definition) is 4. The summed E-state index contributed by atoms with van der Waals surface area (Å²) in [7, 11) is 0. The molecule has 5 nitrogen and oxygen atoms in total. The van der Waals surface area contributed by atoms with Gasteiger partial charge in [-0.15, -0.1) is 24.8 Å². The van der Waals surface area contributed by atoms with Crippen LogP contribution >= 0.6 is 24.8 Å². The van der Waals surface area contributed by atoms with Crippen LogP contribution in [0.1, 0.15) is 42.5 Å². The number of carbonyl (C=O) groups is 1. The van der Waals surface area contributed by atoms with Crippen LogP contribution in [0.4, 0.5) is 11.4 Å². The topological polar surface area (TPSA) is 67.6 Å². The third-order valence-electron chi connectivity index (χ3n) is 5.79. The number of nitrogens with zero attached hydrogens (tertiary/aromatic N) is 1. The first-order chi connectivity index (χ1) is 13.7. The zero-order valence-electron chi connectivity index (χ0n) is 17.1. The summed E-state index contributed by atoms with van der Waals surface area (Å²) in [5.74, 6) is 1.52. The first-order valence-electron chi connectivity index (χ1n) is 10.3. The van der Waals surface area contributed by atoms with Gasteiger partial charge in [-0.2, -0.15) is 0 Å². The molecule has 2 aliphatic rings. The molecule has 1 saturated carbocycles. The Kier molecular flexibility index (Phi) is 9.28. The smallest absolute Gasteiger partial charge is 0.255 e. The van der Waals surface area contributed by atoms with Crippen molar-refractivity contribution in [2.75, 3.05) is 30.7 Å². The lowest BCUT2D eigenvalue weighted by atomic mass is 9.88. The van der Waals surface area contributed by atoms with E-state index in [1.807, 2.05) is 24.3 Å². The Labute approximate surface area is 191 Å². The normalized spacial score (nSPS) is 17.2. The van der Waals surface area contributed by atoms with Gasteiger partial charge in [-0.1, -0.05) is 31.4 Å². The maximum Gasteiger partial charge on any atom is 0.255 e. The minimum absolute atomic E-state index is 0. The number of nitrogen functional groups attached to an aromatic ring is 1. The fourth-order valence-corrected chi connectivity index (χ4v) is 4.16. The molecule has 1 saturated heterocycles. The highest BCUT2D eigenvalue weighted by atomic mass is 35.5. The number of halogens is 2. The van der Waals surface area contributed by atoms with Crippen LogP contribution < -0.4 is 15.8 Å². The Morgan fingerprint density at radius 1 is 1.00 bits per heavy atom. The average Bonchev–Trinajstić information content (AvgIpc) is 2.69. The molecule has 1 aliphatic heterocycles. The van der Waals surface area contributed by atoms with Crippen molar-refractivity contribution in [3.05, 3.63) is 54.1 Å². The first kappa shape index (κ1) is 24.3. The molecular weight excluding hydrogens is 421 g/mol. The fourth-order valence-electron chi connectivity index (χ4n) is 4.16. The average molecular weight is 452 g/mol. The minimum atomic E-state index is -0.174. The van der Waals surface area contributed by atoms with Crippen molar-refractivity contribution in [2.45, 2.75) is 38.2 Å². The van der Waals surface area contributed by atoms with Crippen molar-refractivity contribution >= 4 is 42.1 Å². The maximum atomic E-state index is 12.4. The molecule has 1 heterocycles.